The molecule has 11 rings (SSSR count). The van der Waals surface area contributed by atoms with Gasteiger partial charge in [-0.05, 0) is 98.7 Å². The van der Waals surface area contributed by atoms with Crippen LogP contribution in [0.5, 0.6) is 0 Å². The van der Waals surface area contributed by atoms with Crippen LogP contribution in [0, 0.1) is 0 Å². The predicted octanol–water partition coefficient (Wildman–Crippen LogP) is 12.4. The molecule has 0 saturated carbocycles. The van der Waals surface area contributed by atoms with Gasteiger partial charge in [0.05, 0.1) is 22.1 Å². The van der Waals surface area contributed by atoms with Gasteiger partial charge in [-0.2, -0.15) is 0 Å². The van der Waals surface area contributed by atoms with E-state index in [1.807, 2.05) is 0 Å². The summed E-state index contributed by atoms with van der Waals surface area (Å²) in [6.45, 7) is 0. The average Bonchev–Trinajstić information content (AvgIpc) is 3.68. The largest absolute Gasteiger partial charge is 0.309 e. The highest BCUT2D eigenvalue weighted by Crippen LogP contribution is 2.47. The summed E-state index contributed by atoms with van der Waals surface area (Å²) in [7, 11) is 0. The quantitative estimate of drug-likeness (QED) is 0.139. The molecule has 2 aromatic heterocycles. The Kier molecular flexibility index (Phi) is 5.14. The SMILES string of the molecule is c1ccc(-n2c3ccccc3c3cc(-c4ccc5c(c4)c4cccc6c4c4c5cc5ccccc5c4n6-c4ccccc4)ccc32)cc1. The molecule has 48 heavy (non-hydrogen) atoms. The summed E-state index contributed by atoms with van der Waals surface area (Å²) < 4.78 is 4.86. The van der Waals surface area contributed by atoms with Gasteiger partial charge in [0, 0.05) is 38.3 Å². The summed E-state index contributed by atoms with van der Waals surface area (Å²) in [6.07, 6.45) is 0. The molecule has 0 aliphatic carbocycles. The molecule has 2 nitrogen and oxygen atoms in total. The van der Waals surface area contributed by atoms with E-state index < -0.39 is 0 Å². The van der Waals surface area contributed by atoms with Gasteiger partial charge in [-0.3, -0.25) is 0 Å². The number of nitrogens with zero attached hydrogens (tertiary/aromatic N) is 2. The van der Waals surface area contributed by atoms with Crippen molar-refractivity contribution >= 4 is 75.9 Å². The van der Waals surface area contributed by atoms with Crippen molar-refractivity contribution in [2.45, 2.75) is 0 Å². The third-order valence-electron chi connectivity index (χ3n) is 10.4. The first-order valence-electron chi connectivity index (χ1n) is 16.6. The van der Waals surface area contributed by atoms with Crippen LogP contribution in [0.25, 0.3) is 98.4 Å². The van der Waals surface area contributed by atoms with E-state index in [-0.39, 0.29) is 0 Å². The number of aromatic nitrogens is 2. The minimum Gasteiger partial charge on any atom is -0.309 e. The molecule has 0 amide bonds. The Labute approximate surface area is 276 Å². The van der Waals surface area contributed by atoms with Crippen LogP contribution in [0.3, 0.4) is 0 Å². The minimum absolute atomic E-state index is 1.18. The predicted molar refractivity (Wildman–Crippen MR) is 204 cm³/mol. The molecule has 0 unspecified atom stereocenters. The first kappa shape index (κ1) is 25.8. The second-order valence-corrected chi connectivity index (χ2v) is 12.9. The van der Waals surface area contributed by atoms with Crippen molar-refractivity contribution in [2.24, 2.45) is 0 Å². The van der Waals surface area contributed by atoms with Gasteiger partial charge in [0.1, 0.15) is 0 Å². The monoisotopic (exact) mass is 608 g/mol. The molecule has 222 valence electrons. The number of para-hydroxylation sites is 3. The molecule has 0 saturated heterocycles. The fourth-order valence-corrected chi connectivity index (χ4v) is 8.39. The Morgan fingerprint density at radius 1 is 0.292 bits per heavy atom. The summed E-state index contributed by atoms with van der Waals surface area (Å²) in [6, 6.07) is 62.4. The molecule has 0 aliphatic heterocycles. The zero-order valence-electron chi connectivity index (χ0n) is 26.1. The zero-order chi connectivity index (χ0) is 31.3. The Bertz CT molecular complexity index is 3040. The van der Waals surface area contributed by atoms with Crippen LogP contribution in [0.2, 0.25) is 0 Å². The molecule has 2 heterocycles. The molecule has 0 fully saturated rings. The molecule has 11 aromatic rings. The summed E-state index contributed by atoms with van der Waals surface area (Å²) in [5.41, 5.74) is 9.80. The molecular formula is C46H28N2. The van der Waals surface area contributed by atoms with Crippen molar-refractivity contribution in [1.82, 2.24) is 9.13 Å². The third-order valence-corrected chi connectivity index (χ3v) is 10.4. The Morgan fingerprint density at radius 2 is 0.896 bits per heavy atom. The molecular weight excluding hydrogens is 581 g/mol. The van der Waals surface area contributed by atoms with E-state index in [9.17, 15) is 0 Å². The van der Waals surface area contributed by atoms with Gasteiger partial charge in [0.2, 0.25) is 0 Å². The molecule has 0 N–H and O–H groups in total. The number of hydrogen-bond donors (Lipinski definition) is 0. The summed E-state index contributed by atoms with van der Waals surface area (Å²) in [5, 5.41) is 13.0. The van der Waals surface area contributed by atoms with E-state index in [0.29, 0.717) is 0 Å². The topological polar surface area (TPSA) is 9.86 Å². The van der Waals surface area contributed by atoms with Gasteiger partial charge in [-0.25, -0.2) is 0 Å². The minimum atomic E-state index is 1.18. The number of benzene rings is 9. The molecule has 0 atom stereocenters. The maximum absolute atomic E-state index is 2.48. The van der Waals surface area contributed by atoms with E-state index in [0.717, 1.165) is 0 Å². The maximum atomic E-state index is 2.48. The van der Waals surface area contributed by atoms with Crippen molar-refractivity contribution in [3.63, 3.8) is 0 Å². The van der Waals surface area contributed by atoms with Gasteiger partial charge >= 0.3 is 0 Å². The standard InChI is InChI=1S/C46H28N2/c1-3-13-32(14-4-1)47-41-20-10-9-18-36(41)39-27-30(23-25-42(39)47)29-22-24-35-38(26-29)37-19-11-21-43-44(37)45-40(35)28-31-12-7-8-17-34(31)46(45)48(43)33-15-5-2-6-16-33/h1-28H. The first-order chi connectivity index (χ1) is 23.8. The lowest BCUT2D eigenvalue weighted by Gasteiger charge is -2.13. The fourth-order valence-electron chi connectivity index (χ4n) is 8.39. The number of hydrogen-bond acceptors (Lipinski definition) is 0. The highest BCUT2D eigenvalue weighted by atomic mass is 15.0. The van der Waals surface area contributed by atoms with Crippen LogP contribution >= 0.6 is 0 Å². The van der Waals surface area contributed by atoms with Gasteiger partial charge < -0.3 is 9.13 Å². The second-order valence-electron chi connectivity index (χ2n) is 12.9. The third kappa shape index (κ3) is 3.41. The van der Waals surface area contributed by atoms with Crippen molar-refractivity contribution in [3.05, 3.63) is 170 Å². The number of fused-ring (bicyclic) bond motifs is 8. The van der Waals surface area contributed by atoms with Gasteiger partial charge in [-0.1, -0.05) is 109 Å². The molecule has 0 radical (unpaired) electrons. The van der Waals surface area contributed by atoms with Crippen molar-refractivity contribution in [3.8, 4) is 22.5 Å². The second kappa shape index (κ2) is 9.57. The lowest BCUT2D eigenvalue weighted by Crippen LogP contribution is -1.93. The lowest BCUT2D eigenvalue weighted by atomic mass is 9.90. The van der Waals surface area contributed by atoms with Gasteiger partial charge in [0.15, 0.2) is 0 Å². The van der Waals surface area contributed by atoms with Crippen molar-refractivity contribution in [2.75, 3.05) is 0 Å². The molecule has 0 spiro atoms. The van der Waals surface area contributed by atoms with E-state index in [1.54, 1.807) is 0 Å². The van der Waals surface area contributed by atoms with Crippen LogP contribution < -0.4 is 0 Å². The molecule has 9 aromatic carbocycles. The van der Waals surface area contributed by atoms with Crippen molar-refractivity contribution in [1.29, 1.82) is 0 Å². The van der Waals surface area contributed by atoms with Crippen LogP contribution in [0.4, 0.5) is 0 Å². The Balaban J connectivity index is 1.22. The average molecular weight is 609 g/mol. The summed E-state index contributed by atoms with van der Waals surface area (Å²) in [4.78, 5) is 0. The van der Waals surface area contributed by atoms with Crippen LogP contribution in [-0.4, -0.2) is 9.13 Å². The first-order valence-corrected chi connectivity index (χ1v) is 16.6. The maximum Gasteiger partial charge on any atom is 0.0625 e. The van der Waals surface area contributed by atoms with E-state index in [4.69, 9.17) is 0 Å². The van der Waals surface area contributed by atoms with Crippen LogP contribution in [0.1, 0.15) is 0 Å². The molecule has 0 aliphatic rings. The van der Waals surface area contributed by atoms with Gasteiger partial charge in [-0.15, -0.1) is 0 Å². The molecule has 0 bridgehead atoms. The van der Waals surface area contributed by atoms with Crippen LogP contribution in [0.15, 0.2) is 170 Å². The smallest absolute Gasteiger partial charge is 0.0625 e. The summed E-state index contributed by atoms with van der Waals surface area (Å²) in [5.74, 6) is 0. The zero-order valence-corrected chi connectivity index (χ0v) is 26.1. The van der Waals surface area contributed by atoms with Gasteiger partial charge in [0.25, 0.3) is 0 Å². The number of rotatable bonds is 3. The summed E-state index contributed by atoms with van der Waals surface area (Å²) >= 11 is 0. The highest BCUT2D eigenvalue weighted by molar-refractivity contribution is 6.38. The van der Waals surface area contributed by atoms with E-state index in [1.165, 1.54) is 98.4 Å². The Morgan fingerprint density at radius 3 is 1.71 bits per heavy atom. The molecule has 2 heteroatoms. The highest BCUT2D eigenvalue weighted by Gasteiger charge is 2.22. The Hall–Kier alpha value is -6.38. The van der Waals surface area contributed by atoms with Crippen molar-refractivity contribution < 1.29 is 0 Å². The lowest BCUT2D eigenvalue weighted by molar-refractivity contribution is 1.18. The normalized spacial score (nSPS) is 12.2. The van der Waals surface area contributed by atoms with E-state index >= 15 is 0 Å². The fraction of sp³-hybridized carbons (Fsp3) is 0. The van der Waals surface area contributed by atoms with Crippen LogP contribution in [-0.2, 0) is 0 Å². The van der Waals surface area contributed by atoms with E-state index in [2.05, 4.69) is 179 Å².